The van der Waals surface area contributed by atoms with Gasteiger partial charge in [-0.3, -0.25) is 0 Å². The van der Waals surface area contributed by atoms with Gasteiger partial charge in [-0.25, -0.2) is 0 Å². The Balaban J connectivity index is 5.00. The molecule has 0 aliphatic carbocycles. The molecule has 6 nitrogen and oxygen atoms in total. The highest BCUT2D eigenvalue weighted by molar-refractivity contribution is 4.88. The van der Waals surface area contributed by atoms with Crippen molar-refractivity contribution in [1.82, 2.24) is 0 Å². The number of hydrogen-bond donors (Lipinski definition) is 6. The summed E-state index contributed by atoms with van der Waals surface area (Å²) < 4.78 is 0. The summed E-state index contributed by atoms with van der Waals surface area (Å²) >= 11 is 0. The molecule has 1 atom stereocenters. The zero-order chi connectivity index (χ0) is 12.1. The van der Waals surface area contributed by atoms with Crippen molar-refractivity contribution in [3.8, 4) is 0 Å². The minimum absolute atomic E-state index is 0.0259. The van der Waals surface area contributed by atoms with E-state index in [1.54, 1.807) is 6.92 Å². The molecule has 0 saturated heterocycles. The Labute approximate surface area is 88.4 Å². The molecule has 1 unspecified atom stereocenters. The number of aliphatic hydroxyl groups is 6. The Hall–Kier alpha value is -0.240. The summed E-state index contributed by atoms with van der Waals surface area (Å²) in [5, 5.41) is 54.5. The summed E-state index contributed by atoms with van der Waals surface area (Å²) in [7, 11) is 0. The lowest BCUT2D eigenvalue weighted by molar-refractivity contribution is -0.364. The SMILES string of the molecule is CCC(C(O)(O)O)C(CO)(CO)CCO. The Morgan fingerprint density at radius 3 is 1.67 bits per heavy atom. The molecule has 0 spiro atoms. The van der Waals surface area contributed by atoms with Crippen LogP contribution in [0.4, 0.5) is 0 Å². The van der Waals surface area contributed by atoms with E-state index in [0.717, 1.165) is 0 Å². The third-order valence-electron chi connectivity index (χ3n) is 2.85. The van der Waals surface area contributed by atoms with E-state index in [1.807, 2.05) is 0 Å². The third-order valence-corrected chi connectivity index (χ3v) is 2.85. The minimum Gasteiger partial charge on any atom is -0.396 e. The van der Waals surface area contributed by atoms with Gasteiger partial charge in [0.15, 0.2) is 0 Å². The van der Waals surface area contributed by atoms with Crippen LogP contribution in [0.15, 0.2) is 0 Å². The van der Waals surface area contributed by atoms with Gasteiger partial charge in [-0.1, -0.05) is 6.92 Å². The van der Waals surface area contributed by atoms with Crippen molar-refractivity contribution in [2.45, 2.75) is 25.7 Å². The lowest BCUT2D eigenvalue weighted by Crippen LogP contribution is -2.51. The molecule has 0 radical (unpaired) electrons. The second kappa shape index (κ2) is 5.74. The van der Waals surface area contributed by atoms with Crippen LogP contribution in [0.25, 0.3) is 0 Å². The quantitative estimate of drug-likeness (QED) is 0.278. The van der Waals surface area contributed by atoms with Gasteiger partial charge in [0.25, 0.3) is 5.97 Å². The second-order valence-corrected chi connectivity index (χ2v) is 3.80. The number of aliphatic hydroxyl groups excluding tert-OH is 3. The van der Waals surface area contributed by atoms with Crippen LogP contribution in [0.1, 0.15) is 19.8 Å². The Bertz CT molecular complexity index is 172. The van der Waals surface area contributed by atoms with Gasteiger partial charge in [0.2, 0.25) is 0 Å². The fourth-order valence-corrected chi connectivity index (χ4v) is 1.94. The lowest BCUT2D eigenvalue weighted by atomic mass is 9.71. The van der Waals surface area contributed by atoms with E-state index in [0.29, 0.717) is 0 Å². The predicted octanol–water partition coefficient (Wildman–Crippen LogP) is -2.00. The normalized spacial score (nSPS) is 15.4. The molecular formula is C9H20O6. The highest BCUT2D eigenvalue weighted by atomic mass is 16.7. The van der Waals surface area contributed by atoms with Gasteiger partial charge in [0.1, 0.15) is 0 Å². The largest absolute Gasteiger partial charge is 0.396 e. The van der Waals surface area contributed by atoms with Crippen LogP contribution in [0.5, 0.6) is 0 Å². The zero-order valence-corrected chi connectivity index (χ0v) is 8.80. The molecule has 92 valence electrons. The van der Waals surface area contributed by atoms with Crippen LogP contribution in [-0.2, 0) is 0 Å². The fourth-order valence-electron chi connectivity index (χ4n) is 1.94. The molecular weight excluding hydrogens is 204 g/mol. The van der Waals surface area contributed by atoms with Gasteiger partial charge in [-0.15, -0.1) is 0 Å². The van der Waals surface area contributed by atoms with Crippen molar-refractivity contribution in [3.63, 3.8) is 0 Å². The average Bonchev–Trinajstić information content (AvgIpc) is 2.15. The second-order valence-electron chi connectivity index (χ2n) is 3.80. The molecule has 6 N–H and O–H groups in total. The van der Waals surface area contributed by atoms with Crippen molar-refractivity contribution >= 4 is 0 Å². The molecule has 0 aromatic heterocycles. The smallest absolute Gasteiger partial charge is 0.278 e. The first-order chi connectivity index (χ1) is 6.87. The van der Waals surface area contributed by atoms with E-state index >= 15 is 0 Å². The van der Waals surface area contributed by atoms with E-state index in [-0.39, 0.29) is 19.4 Å². The van der Waals surface area contributed by atoms with Gasteiger partial charge in [-0.05, 0) is 12.8 Å². The topological polar surface area (TPSA) is 121 Å². The highest BCUT2D eigenvalue weighted by Crippen LogP contribution is 2.38. The summed E-state index contributed by atoms with van der Waals surface area (Å²) in [6.07, 6.45) is 0.118. The summed E-state index contributed by atoms with van der Waals surface area (Å²) in [5.41, 5.74) is -1.30. The first-order valence-electron chi connectivity index (χ1n) is 4.87. The first-order valence-corrected chi connectivity index (χ1v) is 4.87. The number of rotatable bonds is 7. The molecule has 0 bridgehead atoms. The monoisotopic (exact) mass is 224 g/mol. The van der Waals surface area contributed by atoms with E-state index < -0.39 is 30.5 Å². The fraction of sp³-hybridized carbons (Fsp3) is 1.00. The molecule has 0 fully saturated rings. The molecule has 0 heterocycles. The maximum absolute atomic E-state index is 9.17. The molecule has 0 rings (SSSR count). The molecule has 0 saturated carbocycles. The standard InChI is InChI=1S/C9H20O6/c1-2-7(9(13,14)15)8(5-11,6-12)3-4-10/h7,10-15H,2-6H2,1H3. The maximum Gasteiger partial charge on any atom is 0.278 e. The minimum atomic E-state index is -2.98. The highest BCUT2D eigenvalue weighted by Gasteiger charge is 2.47. The van der Waals surface area contributed by atoms with E-state index in [9.17, 15) is 0 Å². The Morgan fingerprint density at radius 2 is 1.47 bits per heavy atom. The summed E-state index contributed by atoms with van der Waals surface area (Å²) in [6, 6.07) is 0. The van der Waals surface area contributed by atoms with E-state index in [2.05, 4.69) is 0 Å². The molecule has 15 heavy (non-hydrogen) atoms. The first kappa shape index (κ1) is 14.8. The van der Waals surface area contributed by atoms with Gasteiger partial charge < -0.3 is 30.6 Å². The number of hydrogen-bond acceptors (Lipinski definition) is 6. The van der Waals surface area contributed by atoms with E-state index in [4.69, 9.17) is 30.6 Å². The summed E-state index contributed by atoms with van der Waals surface area (Å²) in [4.78, 5) is 0. The van der Waals surface area contributed by atoms with Crippen molar-refractivity contribution in [2.24, 2.45) is 11.3 Å². The van der Waals surface area contributed by atoms with Crippen molar-refractivity contribution in [2.75, 3.05) is 19.8 Å². The van der Waals surface area contributed by atoms with Crippen LogP contribution in [0.3, 0.4) is 0 Å². The molecule has 6 heteroatoms. The summed E-state index contributed by atoms with van der Waals surface area (Å²) in [5.74, 6) is -4.11. The van der Waals surface area contributed by atoms with Gasteiger partial charge in [0, 0.05) is 12.0 Å². The van der Waals surface area contributed by atoms with Gasteiger partial charge in [0.05, 0.1) is 19.1 Å². The predicted molar refractivity (Wildman–Crippen MR) is 51.5 cm³/mol. The maximum atomic E-state index is 9.17. The van der Waals surface area contributed by atoms with Crippen LogP contribution in [-0.4, -0.2) is 56.4 Å². The van der Waals surface area contributed by atoms with Crippen molar-refractivity contribution in [3.05, 3.63) is 0 Å². The lowest BCUT2D eigenvalue weighted by Gasteiger charge is -2.41. The van der Waals surface area contributed by atoms with E-state index in [1.165, 1.54) is 0 Å². The molecule has 0 aliphatic rings. The summed E-state index contributed by atoms with van der Waals surface area (Å²) in [6.45, 7) is 0.158. The molecule has 0 aromatic carbocycles. The Kier molecular flexibility index (Phi) is 5.65. The zero-order valence-electron chi connectivity index (χ0n) is 8.80. The van der Waals surface area contributed by atoms with Crippen LogP contribution in [0, 0.1) is 11.3 Å². The van der Waals surface area contributed by atoms with Crippen LogP contribution in [0.2, 0.25) is 0 Å². The molecule has 0 aromatic rings. The molecule has 0 amide bonds. The third kappa shape index (κ3) is 3.37. The van der Waals surface area contributed by atoms with Crippen molar-refractivity contribution < 1.29 is 30.6 Å². The Morgan fingerprint density at radius 1 is 1.00 bits per heavy atom. The van der Waals surface area contributed by atoms with Crippen LogP contribution < -0.4 is 0 Å². The molecule has 0 aliphatic heterocycles. The average molecular weight is 224 g/mol. The van der Waals surface area contributed by atoms with Crippen LogP contribution >= 0.6 is 0 Å². The van der Waals surface area contributed by atoms with Gasteiger partial charge in [-0.2, -0.15) is 0 Å². The van der Waals surface area contributed by atoms with Gasteiger partial charge >= 0.3 is 0 Å². The van der Waals surface area contributed by atoms with Crippen molar-refractivity contribution in [1.29, 1.82) is 0 Å².